The van der Waals surface area contributed by atoms with E-state index in [4.69, 9.17) is 16.3 Å². The van der Waals surface area contributed by atoms with Gasteiger partial charge in [0.25, 0.3) is 5.91 Å². The molecule has 0 unspecified atom stereocenters. The monoisotopic (exact) mass is 358 g/mol. The molecule has 0 saturated carbocycles. The van der Waals surface area contributed by atoms with Crippen LogP contribution >= 0.6 is 11.6 Å². The molecule has 3 rings (SSSR count). The fourth-order valence-electron chi connectivity index (χ4n) is 2.85. The van der Waals surface area contributed by atoms with Gasteiger partial charge in [0.1, 0.15) is 5.75 Å². The first-order chi connectivity index (χ1) is 12.1. The van der Waals surface area contributed by atoms with Crippen molar-refractivity contribution in [2.24, 2.45) is 0 Å². The number of amides is 2. The van der Waals surface area contributed by atoms with Crippen molar-refractivity contribution in [2.75, 3.05) is 18.6 Å². The zero-order valence-electron chi connectivity index (χ0n) is 13.9. The van der Waals surface area contributed by atoms with Crippen LogP contribution < -0.4 is 15.0 Å². The van der Waals surface area contributed by atoms with Crippen molar-refractivity contribution < 1.29 is 14.3 Å². The van der Waals surface area contributed by atoms with Gasteiger partial charge in [0.2, 0.25) is 5.91 Å². The van der Waals surface area contributed by atoms with Crippen LogP contribution in [0.2, 0.25) is 5.02 Å². The maximum absolute atomic E-state index is 12.4. The minimum Gasteiger partial charge on any atom is -0.496 e. The van der Waals surface area contributed by atoms with E-state index in [0.717, 1.165) is 24.2 Å². The predicted octanol–water partition coefficient (Wildman–Crippen LogP) is 3.41. The average Bonchev–Trinajstić information content (AvgIpc) is 3.06. The molecular formula is C19H19ClN2O3. The van der Waals surface area contributed by atoms with Gasteiger partial charge < -0.3 is 15.0 Å². The van der Waals surface area contributed by atoms with E-state index < -0.39 is 0 Å². The highest BCUT2D eigenvalue weighted by molar-refractivity contribution is 6.31. The molecule has 1 aliphatic heterocycles. The topological polar surface area (TPSA) is 58.6 Å². The van der Waals surface area contributed by atoms with Crippen LogP contribution in [0.3, 0.4) is 0 Å². The van der Waals surface area contributed by atoms with Gasteiger partial charge in [-0.05, 0) is 42.3 Å². The molecule has 2 aromatic rings. The Morgan fingerprint density at radius 1 is 1.24 bits per heavy atom. The number of methoxy groups -OCH3 is 1. The molecule has 2 amide bonds. The van der Waals surface area contributed by atoms with Gasteiger partial charge in [-0.15, -0.1) is 0 Å². The van der Waals surface area contributed by atoms with Crippen molar-refractivity contribution in [2.45, 2.75) is 19.4 Å². The lowest BCUT2D eigenvalue weighted by Crippen LogP contribution is -2.24. The smallest absolute Gasteiger partial charge is 0.255 e. The molecule has 6 heteroatoms. The number of halogens is 1. The van der Waals surface area contributed by atoms with Crippen molar-refractivity contribution in [3.63, 3.8) is 0 Å². The van der Waals surface area contributed by atoms with Crippen molar-refractivity contribution >= 4 is 29.1 Å². The molecule has 1 aliphatic rings. The molecule has 1 fully saturated rings. The maximum Gasteiger partial charge on any atom is 0.255 e. The van der Waals surface area contributed by atoms with Crippen LogP contribution in [-0.2, 0) is 11.3 Å². The lowest BCUT2D eigenvalue weighted by Gasteiger charge is -2.16. The second-order valence-corrected chi connectivity index (χ2v) is 6.28. The molecule has 5 nitrogen and oxygen atoms in total. The van der Waals surface area contributed by atoms with Gasteiger partial charge >= 0.3 is 0 Å². The number of nitrogens with zero attached hydrogens (tertiary/aromatic N) is 1. The van der Waals surface area contributed by atoms with Gasteiger partial charge in [0.05, 0.1) is 12.7 Å². The lowest BCUT2D eigenvalue weighted by atomic mass is 10.1. The molecule has 2 aromatic carbocycles. The van der Waals surface area contributed by atoms with Gasteiger partial charge in [0.15, 0.2) is 0 Å². The molecule has 25 heavy (non-hydrogen) atoms. The first-order valence-electron chi connectivity index (χ1n) is 8.09. The normalized spacial score (nSPS) is 13.8. The number of ether oxygens (including phenoxy) is 1. The van der Waals surface area contributed by atoms with Crippen LogP contribution in [0.25, 0.3) is 0 Å². The molecular weight excluding hydrogens is 340 g/mol. The second-order valence-electron chi connectivity index (χ2n) is 5.84. The first-order valence-corrected chi connectivity index (χ1v) is 8.47. The largest absolute Gasteiger partial charge is 0.496 e. The quantitative estimate of drug-likeness (QED) is 0.891. The Kier molecular flexibility index (Phi) is 5.24. The number of hydrogen-bond donors (Lipinski definition) is 1. The van der Waals surface area contributed by atoms with Gasteiger partial charge in [-0.1, -0.05) is 23.7 Å². The van der Waals surface area contributed by atoms with E-state index in [1.54, 1.807) is 23.1 Å². The predicted molar refractivity (Wildman–Crippen MR) is 97.2 cm³/mol. The molecule has 0 spiro atoms. The fourth-order valence-corrected chi connectivity index (χ4v) is 3.02. The average molecular weight is 359 g/mol. The molecule has 0 radical (unpaired) electrons. The summed E-state index contributed by atoms with van der Waals surface area (Å²) < 4.78 is 5.20. The molecule has 1 heterocycles. The molecule has 130 valence electrons. The number of carbonyl (C=O) groups excluding carboxylic acids is 2. The summed E-state index contributed by atoms with van der Waals surface area (Å²) >= 11 is 5.96. The minimum absolute atomic E-state index is 0.161. The number of benzene rings is 2. The van der Waals surface area contributed by atoms with E-state index in [1.165, 1.54) is 7.11 Å². The van der Waals surface area contributed by atoms with Crippen LogP contribution in [0.15, 0.2) is 42.5 Å². The Bertz CT molecular complexity index is 790. The van der Waals surface area contributed by atoms with Crippen molar-refractivity contribution in [3.05, 3.63) is 58.6 Å². The summed E-state index contributed by atoms with van der Waals surface area (Å²) in [4.78, 5) is 25.9. The molecule has 0 aliphatic carbocycles. The highest BCUT2D eigenvalue weighted by Crippen LogP contribution is 2.23. The number of hydrogen-bond acceptors (Lipinski definition) is 3. The second kappa shape index (κ2) is 7.57. The summed E-state index contributed by atoms with van der Waals surface area (Å²) in [5.74, 6) is 0.386. The van der Waals surface area contributed by atoms with E-state index >= 15 is 0 Å². The fraction of sp³-hybridized carbons (Fsp3) is 0.263. The minimum atomic E-state index is -0.252. The molecule has 0 aromatic heterocycles. The summed E-state index contributed by atoms with van der Waals surface area (Å²) in [5.41, 5.74) is 2.24. The first kappa shape index (κ1) is 17.3. The Labute approximate surface area is 151 Å². The van der Waals surface area contributed by atoms with E-state index in [-0.39, 0.29) is 11.8 Å². The zero-order valence-corrected chi connectivity index (χ0v) is 14.7. The van der Waals surface area contributed by atoms with Crippen LogP contribution in [0, 0.1) is 0 Å². The number of carbonyl (C=O) groups is 2. The Balaban J connectivity index is 1.64. The molecule has 0 atom stereocenters. The van der Waals surface area contributed by atoms with E-state index in [1.807, 2.05) is 24.3 Å². The van der Waals surface area contributed by atoms with Crippen molar-refractivity contribution in [3.8, 4) is 5.75 Å². The van der Waals surface area contributed by atoms with E-state index in [9.17, 15) is 9.59 Å². The standard InChI is InChI=1S/C19H19ClN2O3/c1-25-17-9-6-14(20)11-16(17)19(24)21-12-13-4-7-15(8-5-13)22-10-2-3-18(22)23/h4-9,11H,2-3,10,12H2,1H3,(H,21,24). The summed E-state index contributed by atoms with van der Waals surface area (Å²) in [6.07, 6.45) is 1.51. The highest BCUT2D eigenvalue weighted by Gasteiger charge is 2.21. The summed E-state index contributed by atoms with van der Waals surface area (Å²) in [7, 11) is 1.51. The summed E-state index contributed by atoms with van der Waals surface area (Å²) in [6.45, 7) is 1.15. The molecule has 0 bridgehead atoms. The third kappa shape index (κ3) is 3.94. The molecule has 1 N–H and O–H groups in total. The van der Waals surface area contributed by atoms with Crippen molar-refractivity contribution in [1.82, 2.24) is 5.32 Å². The maximum atomic E-state index is 12.4. The summed E-state index contributed by atoms with van der Waals surface area (Å²) in [5, 5.41) is 3.33. The third-order valence-electron chi connectivity index (χ3n) is 4.18. The van der Waals surface area contributed by atoms with Crippen LogP contribution in [-0.4, -0.2) is 25.5 Å². The van der Waals surface area contributed by atoms with Gasteiger partial charge in [-0.25, -0.2) is 0 Å². The van der Waals surface area contributed by atoms with E-state index in [2.05, 4.69) is 5.32 Å². The van der Waals surface area contributed by atoms with Crippen molar-refractivity contribution in [1.29, 1.82) is 0 Å². The lowest BCUT2D eigenvalue weighted by molar-refractivity contribution is -0.117. The number of anilines is 1. The molecule has 1 saturated heterocycles. The Morgan fingerprint density at radius 3 is 2.64 bits per heavy atom. The number of nitrogens with one attached hydrogen (secondary N) is 1. The Morgan fingerprint density at radius 2 is 2.00 bits per heavy atom. The highest BCUT2D eigenvalue weighted by atomic mass is 35.5. The van der Waals surface area contributed by atoms with Crippen LogP contribution in [0.1, 0.15) is 28.8 Å². The van der Waals surface area contributed by atoms with Gasteiger partial charge in [0, 0.05) is 30.2 Å². The van der Waals surface area contributed by atoms with Crippen LogP contribution in [0.5, 0.6) is 5.75 Å². The summed E-state index contributed by atoms with van der Waals surface area (Å²) in [6, 6.07) is 12.6. The SMILES string of the molecule is COc1ccc(Cl)cc1C(=O)NCc1ccc(N2CCCC2=O)cc1. The van der Waals surface area contributed by atoms with Gasteiger partial charge in [-0.3, -0.25) is 9.59 Å². The number of rotatable bonds is 5. The van der Waals surface area contributed by atoms with E-state index in [0.29, 0.717) is 29.3 Å². The van der Waals surface area contributed by atoms with Gasteiger partial charge in [-0.2, -0.15) is 0 Å². The third-order valence-corrected chi connectivity index (χ3v) is 4.42. The van der Waals surface area contributed by atoms with Crippen LogP contribution in [0.4, 0.5) is 5.69 Å². The Hall–Kier alpha value is -2.53. The zero-order chi connectivity index (χ0) is 17.8.